The van der Waals surface area contributed by atoms with Crippen LogP contribution in [0.3, 0.4) is 0 Å². The van der Waals surface area contributed by atoms with Crippen molar-refractivity contribution in [3.63, 3.8) is 0 Å². The van der Waals surface area contributed by atoms with E-state index in [2.05, 4.69) is 15.6 Å². The highest BCUT2D eigenvalue weighted by molar-refractivity contribution is 5.99. The molecule has 2 unspecified atom stereocenters. The molecule has 0 aliphatic carbocycles. The first kappa shape index (κ1) is 22.0. The fourth-order valence-corrected chi connectivity index (χ4v) is 4.14. The lowest BCUT2D eigenvalue weighted by molar-refractivity contribution is -0.124. The molecule has 2 fully saturated rings. The third kappa shape index (κ3) is 5.31. The van der Waals surface area contributed by atoms with Gasteiger partial charge in [-0.2, -0.15) is 0 Å². The molecule has 0 bridgehead atoms. The first-order chi connectivity index (χ1) is 15.5. The van der Waals surface area contributed by atoms with Gasteiger partial charge in [0.05, 0.1) is 5.92 Å². The molecule has 2 atom stereocenters. The molecule has 8 nitrogen and oxygen atoms in total. The van der Waals surface area contributed by atoms with Crippen LogP contribution < -0.4 is 10.6 Å². The van der Waals surface area contributed by atoms with Crippen LogP contribution in [0.1, 0.15) is 41.7 Å². The van der Waals surface area contributed by atoms with Crippen LogP contribution in [0.25, 0.3) is 0 Å². The van der Waals surface area contributed by atoms with Crippen LogP contribution in [0.5, 0.6) is 0 Å². The van der Waals surface area contributed by atoms with E-state index in [4.69, 9.17) is 4.74 Å². The van der Waals surface area contributed by atoms with E-state index in [1.54, 1.807) is 35.2 Å². The molecule has 2 aliphatic heterocycles. The Morgan fingerprint density at radius 2 is 1.88 bits per heavy atom. The number of carbonyl (C=O) groups excluding carboxylic acids is 3. The molecule has 4 rings (SSSR count). The number of aromatic nitrogens is 1. The molecule has 8 heteroatoms. The largest absolute Gasteiger partial charge is 0.368 e. The number of ether oxygens (including phenoxy) is 1. The topological polar surface area (TPSA) is 101 Å². The predicted molar refractivity (Wildman–Crippen MR) is 120 cm³/mol. The van der Waals surface area contributed by atoms with Gasteiger partial charge in [0, 0.05) is 36.6 Å². The van der Waals surface area contributed by atoms with E-state index in [1.807, 2.05) is 19.1 Å². The minimum atomic E-state index is -0.432. The number of carbonyl (C=O) groups is 3. The van der Waals surface area contributed by atoms with E-state index in [-0.39, 0.29) is 23.6 Å². The summed E-state index contributed by atoms with van der Waals surface area (Å²) in [4.78, 5) is 44.2. The van der Waals surface area contributed by atoms with Gasteiger partial charge in [-0.15, -0.1) is 0 Å². The van der Waals surface area contributed by atoms with Crippen molar-refractivity contribution in [3.05, 3.63) is 53.7 Å². The number of anilines is 2. The van der Waals surface area contributed by atoms with Gasteiger partial charge < -0.3 is 20.3 Å². The van der Waals surface area contributed by atoms with Gasteiger partial charge in [-0.1, -0.05) is 12.1 Å². The Morgan fingerprint density at radius 1 is 1.03 bits per heavy atom. The van der Waals surface area contributed by atoms with Gasteiger partial charge >= 0.3 is 0 Å². The Balaban J connectivity index is 1.38. The summed E-state index contributed by atoms with van der Waals surface area (Å²) in [7, 11) is 0. The molecule has 2 aromatic rings. The van der Waals surface area contributed by atoms with E-state index in [0.717, 1.165) is 25.0 Å². The second kappa shape index (κ2) is 9.91. The van der Waals surface area contributed by atoms with Gasteiger partial charge in [-0.3, -0.25) is 14.4 Å². The lowest BCUT2D eigenvalue weighted by atomic mass is 9.96. The summed E-state index contributed by atoms with van der Waals surface area (Å²) < 4.78 is 5.41. The molecule has 3 heterocycles. The number of amides is 3. The highest BCUT2D eigenvalue weighted by atomic mass is 16.5. The number of hydrogen-bond donors (Lipinski definition) is 2. The third-order valence-electron chi connectivity index (χ3n) is 5.82. The molecule has 1 aromatic carbocycles. The Morgan fingerprint density at radius 3 is 2.66 bits per heavy atom. The summed E-state index contributed by atoms with van der Waals surface area (Å²) >= 11 is 0. The summed E-state index contributed by atoms with van der Waals surface area (Å²) in [6.45, 7) is 3.41. The summed E-state index contributed by atoms with van der Waals surface area (Å²) in [5, 5.41) is 5.70. The second-order valence-corrected chi connectivity index (χ2v) is 8.32. The summed E-state index contributed by atoms with van der Waals surface area (Å²) in [6.07, 6.45) is 2.62. The van der Waals surface area contributed by atoms with Gasteiger partial charge in [-0.05, 0) is 62.9 Å². The molecule has 168 valence electrons. The molecule has 2 saturated heterocycles. The zero-order valence-electron chi connectivity index (χ0n) is 18.2. The van der Waals surface area contributed by atoms with Crippen LogP contribution >= 0.6 is 0 Å². The second-order valence-electron chi connectivity index (χ2n) is 8.32. The van der Waals surface area contributed by atoms with Crippen LogP contribution in [0.2, 0.25) is 0 Å². The fraction of sp³-hybridized carbons (Fsp3) is 0.417. The summed E-state index contributed by atoms with van der Waals surface area (Å²) in [6, 6.07) is 12.4. The van der Waals surface area contributed by atoms with Crippen molar-refractivity contribution in [2.24, 2.45) is 5.92 Å². The molecule has 0 spiro atoms. The molecule has 2 aliphatic rings. The first-order valence-electron chi connectivity index (χ1n) is 11.1. The standard InChI is InChI=1S/C24H28N4O4/c1-16-6-2-11-21(25-16)27-22(29)18-8-4-12-28(15-18)24(31)17-7-3-9-19(14-17)26-23(30)20-10-5-13-32-20/h2-3,6-7,9,11,14,18,20H,4-5,8,10,12-13,15H2,1H3,(H,26,30)(H,25,27,29). The van der Waals surface area contributed by atoms with E-state index < -0.39 is 6.10 Å². The summed E-state index contributed by atoms with van der Waals surface area (Å²) in [5.74, 6) is -0.236. The zero-order valence-corrected chi connectivity index (χ0v) is 18.2. The lowest BCUT2D eigenvalue weighted by Crippen LogP contribution is -2.43. The Kier molecular flexibility index (Phi) is 6.80. The highest BCUT2D eigenvalue weighted by Gasteiger charge is 2.29. The molecule has 0 radical (unpaired) electrons. The van der Waals surface area contributed by atoms with Crippen molar-refractivity contribution in [1.29, 1.82) is 0 Å². The Labute approximate surface area is 187 Å². The van der Waals surface area contributed by atoms with Crippen LogP contribution in [0.4, 0.5) is 11.5 Å². The van der Waals surface area contributed by atoms with Crippen LogP contribution in [-0.2, 0) is 14.3 Å². The SMILES string of the molecule is Cc1cccc(NC(=O)C2CCCN(C(=O)c3cccc(NC(=O)C4CCCO4)c3)C2)n1. The van der Waals surface area contributed by atoms with Crippen molar-refractivity contribution in [1.82, 2.24) is 9.88 Å². The Bertz CT molecular complexity index is 1000. The smallest absolute Gasteiger partial charge is 0.253 e. The van der Waals surface area contributed by atoms with Crippen molar-refractivity contribution in [3.8, 4) is 0 Å². The van der Waals surface area contributed by atoms with Crippen molar-refractivity contribution >= 4 is 29.2 Å². The van der Waals surface area contributed by atoms with Gasteiger partial charge in [0.2, 0.25) is 5.91 Å². The average molecular weight is 437 g/mol. The number of pyridine rings is 1. The van der Waals surface area contributed by atoms with E-state index in [1.165, 1.54) is 0 Å². The van der Waals surface area contributed by atoms with E-state index >= 15 is 0 Å². The molecular formula is C24H28N4O4. The number of piperidine rings is 1. The number of benzene rings is 1. The fourth-order valence-electron chi connectivity index (χ4n) is 4.14. The zero-order chi connectivity index (χ0) is 22.5. The monoisotopic (exact) mass is 436 g/mol. The minimum absolute atomic E-state index is 0.127. The maximum atomic E-state index is 13.1. The lowest BCUT2D eigenvalue weighted by Gasteiger charge is -2.32. The number of likely N-dealkylation sites (tertiary alicyclic amines) is 1. The van der Waals surface area contributed by atoms with Crippen molar-refractivity contribution < 1.29 is 19.1 Å². The highest BCUT2D eigenvalue weighted by Crippen LogP contribution is 2.22. The van der Waals surface area contributed by atoms with E-state index in [0.29, 0.717) is 43.2 Å². The van der Waals surface area contributed by atoms with Gasteiger partial charge in [0.15, 0.2) is 0 Å². The number of nitrogens with zero attached hydrogens (tertiary/aromatic N) is 2. The molecular weight excluding hydrogens is 408 g/mol. The van der Waals surface area contributed by atoms with Crippen LogP contribution in [0, 0.1) is 12.8 Å². The van der Waals surface area contributed by atoms with Crippen LogP contribution in [0.15, 0.2) is 42.5 Å². The van der Waals surface area contributed by atoms with Crippen molar-refractivity contribution in [2.75, 3.05) is 30.3 Å². The quantitative estimate of drug-likeness (QED) is 0.751. The molecule has 2 N–H and O–H groups in total. The maximum absolute atomic E-state index is 13.1. The van der Waals surface area contributed by atoms with E-state index in [9.17, 15) is 14.4 Å². The maximum Gasteiger partial charge on any atom is 0.253 e. The molecule has 0 saturated carbocycles. The molecule has 1 aromatic heterocycles. The number of rotatable bonds is 5. The normalized spacial score (nSPS) is 20.6. The summed E-state index contributed by atoms with van der Waals surface area (Å²) in [5.41, 5.74) is 1.87. The van der Waals surface area contributed by atoms with Crippen molar-refractivity contribution in [2.45, 2.75) is 38.7 Å². The number of aryl methyl sites for hydroxylation is 1. The average Bonchev–Trinajstić information content (AvgIpc) is 3.34. The molecule has 3 amide bonds. The van der Waals surface area contributed by atoms with Gasteiger partial charge in [-0.25, -0.2) is 4.98 Å². The third-order valence-corrected chi connectivity index (χ3v) is 5.82. The molecule has 32 heavy (non-hydrogen) atoms. The number of hydrogen-bond acceptors (Lipinski definition) is 5. The van der Waals surface area contributed by atoms with Crippen LogP contribution in [-0.4, -0.2) is 53.4 Å². The predicted octanol–water partition coefficient (Wildman–Crippen LogP) is 3.00. The first-order valence-corrected chi connectivity index (χ1v) is 11.1. The van der Waals surface area contributed by atoms with Gasteiger partial charge in [0.25, 0.3) is 11.8 Å². The minimum Gasteiger partial charge on any atom is -0.368 e. The number of nitrogens with one attached hydrogen (secondary N) is 2. The van der Waals surface area contributed by atoms with Gasteiger partial charge in [0.1, 0.15) is 11.9 Å². The Hall–Kier alpha value is -3.26.